The van der Waals surface area contributed by atoms with E-state index < -0.39 is 26.6 Å². The summed E-state index contributed by atoms with van der Waals surface area (Å²) < 4.78 is 52.1. The predicted octanol–water partition coefficient (Wildman–Crippen LogP) is 2.15. The van der Waals surface area contributed by atoms with Crippen molar-refractivity contribution in [2.45, 2.75) is 11.4 Å². The third kappa shape index (κ3) is 3.31. The van der Waals surface area contributed by atoms with Gasteiger partial charge in [-0.1, -0.05) is 12.1 Å². The fourth-order valence-corrected chi connectivity index (χ4v) is 2.69. The van der Waals surface area contributed by atoms with Gasteiger partial charge in [-0.3, -0.25) is 0 Å². The fraction of sp³-hybridized carbons (Fsp3) is 0.0769. The van der Waals surface area contributed by atoms with E-state index in [-0.39, 0.29) is 12.3 Å². The molecule has 0 aromatic heterocycles. The van der Waals surface area contributed by atoms with Gasteiger partial charge in [0.2, 0.25) is 10.0 Å². The van der Waals surface area contributed by atoms with Gasteiger partial charge in [0.05, 0.1) is 0 Å². The van der Waals surface area contributed by atoms with Crippen LogP contribution in [0.2, 0.25) is 0 Å². The molecule has 0 saturated carbocycles. The number of rotatable bonds is 4. The van der Waals surface area contributed by atoms with Crippen LogP contribution in [0.25, 0.3) is 0 Å². The predicted molar refractivity (Wildman–Crippen MR) is 68.5 cm³/mol. The van der Waals surface area contributed by atoms with Gasteiger partial charge >= 0.3 is 0 Å². The highest BCUT2D eigenvalue weighted by molar-refractivity contribution is 7.89. The van der Waals surface area contributed by atoms with Crippen molar-refractivity contribution in [3.05, 3.63) is 59.7 Å². The molecule has 0 unspecified atom stereocenters. The van der Waals surface area contributed by atoms with Crippen LogP contribution in [-0.2, 0) is 16.6 Å². The van der Waals surface area contributed by atoms with Crippen molar-refractivity contribution >= 4 is 10.0 Å². The molecule has 2 aromatic carbocycles. The molecule has 0 atom stereocenters. The first-order valence-corrected chi connectivity index (χ1v) is 7.09. The SMILES string of the molecule is O=S(=O)(NCc1cccc(O)c1)c1ccc(F)cc1F. The van der Waals surface area contributed by atoms with Crippen LogP contribution in [0.1, 0.15) is 5.56 Å². The first-order chi connectivity index (χ1) is 9.38. The topological polar surface area (TPSA) is 66.4 Å². The summed E-state index contributed by atoms with van der Waals surface area (Å²) >= 11 is 0. The zero-order chi connectivity index (χ0) is 14.8. The van der Waals surface area contributed by atoms with Gasteiger partial charge in [-0.2, -0.15) is 0 Å². The lowest BCUT2D eigenvalue weighted by Crippen LogP contribution is -2.24. The molecule has 0 fully saturated rings. The standard InChI is InChI=1S/C13H11F2NO3S/c14-10-4-5-13(12(15)7-10)20(18,19)16-8-9-2-1-3-11(17)6-9/h1-7,16-17H,8H2. The molecule has 7 heteroatoms. The highest BCUT2D eigenvalue weighted by Crippen LogP contribution is 2.16. The number of phenols is 1. The molecule has 4 nitrogen and oxygen atoms in total. The van der Waals surface area contributed by atoms with Crippen molar-refractivity contribution in [2.24, 2.45) is 0 Å². The van der Waals surface area contributed by atoms with Crippen LogP contribution in [0, 0.1) is 11.6 Å². The van der Waals surface area contributed by atoms with E-state index in [0.717, 1.165) is 12.1 Å². The van der Waals surface area contributed by atoms with E-state index in [1.165, 1.54) is 12.1 Å². The lowest BCUT2D eigenvalue weighted by atomic mass is 10.2. The highest BCUT2D eigenvalue weighted by Gasteiger charge is 2.19. The van der Waals surface area contributed by atoms with Crippen LogP contribution in [0.15, 0.2) is 47.4 Å². The normalized spacial score (nSPS) is 11.5. The summed E-state index contributed by atoms with van der Waals surface area (Å²) in [5, 5.41) is 9.26. The van der Waals surface area contributed by atoms with Gasteiger partial charge in [0, 0.05) is 12.6 Å². The average Bonchev–Trinajstić information content (AvgIpc) is 2.36. The van der Waals surface area contributed by atoms with E-state index in [9.17, 15) is 22.3 Å². The average molecular weight is 299 g/mol. The monoisotopic (exact) mass is 299 g/mol. The second-order valence-electron chi connectivity index (χ2n) is 4.07. The maximum absolute atomic E-state index is 13.4. The van der Waals surface area contributed by atoms with Crippen molar-refractivity contribution < 1.29 is 22.3 Å². The molecule has 2 aromatic rings. The summed E-state index contributed by atoms with van der Waals surface area (Å²) in [6.45, 7) is -0.118. The summed E-state index contributed by atoms with van der Waals surface area (Å²) in [5.74, 6) is -2.02. The third-order valence-electron chi connectivity index (χ3n) is 2.56. The van der Waals surface area contributed by atoms with Crippen LogP contribution >= 0.6 is 0 Å². The number of nitrogens with one attached hydrogen (secondary N) is 1. The fourth-order valence-electron chi connectivity index (χ4n) is 1.62. The number of halogens is 2. The molecule has 0 radical (unpaired) electrons. The number of phenolic OH excluding ortho intramolecular Hbond substituents is 1. The Labute approximate surface area is 114 Å². The molecule has 106 valence electrons. The minimum absolute atomic E-state index is 0.00494. The number of benzene rings is 2. The summed E-state index contributed by atoms with van der Waals surface area (Å²) in [4.78, 5) is -0.626. The Hall–Kier alpha value is -1.99. The van der Waals surface area contributed by atoms with E-state index in [0.29, 0.717) is 11.6 Å². The van der Waals surface area contributed by atoms with Gasteiger partial charge in [-0.25, -0.2) is 21.9 Å². The zero-order valence-electron chi connectivity index (χ0n) is 10.2. The second-order valence-corrected chi connectivity index (χ2v) is 5.80. The summed E-state index contributed by atoms with van der Waals surface area (Å²) in [5.41, 5.74) is 0.510. The van der Waals surface area contributed by atoms with Crippen molar-refractivity contribution in [2.75, 3.05) is 0 Å². The lowest BCUT2D eigenvalue weighted by Gasteiger charge is -2.08. The van der Waals surface area contributed by atoms with Crippen molar-refractivity contribution in [3.63, 3.8) is 0 Å². The van der Waals surface area contributed by atoms with Gasteiger partial charge in [0.15, 0.2) is 0 Å². The highest BCUT2D eigenvalue weighted by atomic mass is 32.2. The minimum Gasteiger partial charge on any atom is -0.508 e. The molecule has 0 aliphatic carbocycles. The van der Waals surface area contributed by atoms with E-state index in [1.54, 1.807) is 12.1 Å². The van der Waals surface area contributed by atoms with Gasteiger partial charge in [0.1, 0.15) is 22.3 Å². The van der Waals surface area contributed by atoms with Crippen molar-refractivity contribution in [1.29, 1.82) is 0 Å². The van der Waals surface area contributed by atoms with Crippen LogP contribution in [0.4, 0.5) is 8.78 Å². The van der Waals surface area contributed by atoms with Crippen LogP contribution in [0.5, 0.6) is 5.75 Å². The maximum Gasteiger partial charge on any atom is 0.243 e. The second kappa shape index (κ2) is 5.56. The smallest absolute Gasteiger partial charge is 0.243 e. The molecule has 0 amide bonds. The number of hydrogen-bond donors (Lipinski definition) is 2. The molecule has 0 bridgehead atoms. The molecular weight excluding hydrogens is 288 g/mol. The van der Waals surface area contributed by atoms with E-state index in [1.807, 2.05) is 0 Å². The Morgan fingerprint density at radius 1 is 1.10 bits per heavy atom. The number of hydrogen-bond acceptors (Lipinski definition) is 3. The molecule has 0 aliphatic heterocycles. The Kier molecular flexibility index (Phi) is 4.01. The van der Waals surface area contributed by atoms with Crippen LogP contribution < -0.4 is 4.72 Å². The first-order valence-electron chi connectivity index (χ1n) is 5.61. The van der Waals surface area contributed by atoms with Crippen molar-refractivity contribution in [1.82, 2.24) is 4.72 Å². The molecule has 2 N–H and O–H groups in total. The van der Waals surface area contributed by atoms with Gasteiger partial charge < -0.3 is 5.11 Å². The van der Waals surface area contributed by atoms with Crippen LogP contribution in [-0.4, -0.2) is 13.5 Å². The van der Waals surface area contributed by atoms with Gasteiger partial charge in [-0.15, -0.1) is 0 Å². The largest absolute Gasteiger partial charge is 0.508 e. The molecule has 20 heavy (non-hydrogen) atoms. The molecule has 2 rings (SSSR count). The summed E-state index contributed by atoms with van der Waals surface area (Å²) in [6, 6.07) is 8.20. The molecular formula is C13H11F2NO3S. The molecule has 0 aliphatic rings. The Balaban J connectivity index is 2.19. The van der Waals surface area contributed by atoms with Crippen LogP contribution in [0.3, 0.4) is 0 Å². The van der Waals surface area contributed by atoms with E-state index >= 15 is 0 Å². The molecule has 0 spiro atoms. The minimum atomic E-state index is -4.09. The zero-order valence-corrected chi connectivity index (χ0v) is 11.0. The Morgan fingerprint density at radius 3 is 2.50 bits per heavy atom. The Morgan fingerprint density at radius 2 is 1.85 bits per heavy atom. The molecule has 0 saturated heterocycles. The Bertz CT molecular complexity index is 732. The van der Waals surface area contributed by atoms with Crippen molar-refractivity contribution in [3.8, 4) is 5.75 Å². The summed E-state index contributed by atoms with van der Waals surface area (Å²) in [6.07, 6.45) is 0. The summed E-state index contributed by atoms with van der Waals surface area (Å²) in [7, 11) is -4.09. The number of sulfonamides is 1. The molecule has 0 heterocycles. The lowest BCUT2D eigenvalue weighted by molar-refractivity contribution is 0.474. The quantitative estimate of drug-likeness (QED) is 0.909. The third-order valence-corrected chi connectivity index (χ3v) is 3.99. The van der Waals surface area contributed by atoms with E-state index in [2.05, 4.69) is 4.72 Å². The number of aromatic hydroxyl groups is 1. The first kappa shape index (κ1) is 14.4. The van der Waals surface area contributed by atoms with Gasteiger partial charge in [0.25, 0.3) is 0 Å². The maximum atomic E-state index is 13.4. The van der Waals surface area contributed by atoms with Gasteiger partial charge in [-0.05, 0) is 29.8 Å². The van der Waals surface area contributed by atoms with E-state index in [4.69, 9.17) is 0 Å².